The Labute approximate surface area is 109 Å². The number of carbonyl (C=O) groups is 1. The molecule has 2 rings (SSSR count). The van der Waals surface area contributed by atoms with Crippen molar-refractivity contribution in [3.05, 3.63) is 0 Å². The second-order valence-electron chi connectivity index (χ2n) is 4.94. The zero-order valence-corrected chi connectivity index (χ0v) is 11.3. The number of rotatable bonds is 1. The number of halogens is 1. The summed E-state index contributed by atoms with van der Waals surface area (Å²) in [6, 6.07) is -0.109. The highest BCUT2D eigenvalue weighted by Crippen LogP contribution is 2.17. The fraction of sp³-hybridized carbons (Fsp3) is 0.917. The second kappa shape index (κ2) is 7.19. The maximum absolute atomic E-state index is 12.2. The number of nitrogens with one attached hydrogen (secondary N) is 1. The van der Waals surface area contributed by atoms with Crippen molar-refractivity contribution in [3.8, 4) is 0 Å². The van der Waals surface area contributed by atoms with Gasteiger partial charge in [-0.2, -0.15) is 0 Å². The van der Waals surface area contributed by atoms with E-state index in [0.717, 1.165) is 45.0 Å². The molecule has 2 atom stereocenters. The van der Waals surface area contributed by atoms with Crippen LogP contribution in [0.3, 0.4) is 0 Å². The van der Waals surface area contributed by atoms with Gasteiger partial charge in [-0.1, -0.05) is 6.92 Å². The molecule has 2 aliphatic heterocycles. The van der Waals surface area contributed by atoms with Crippen molar-refractivity contribution in [2.45, 2.75) is 32.2 Å². The van der Waals surface area contributed by atoms with Crippen LogP contribution >= 0.6 is 12.4 Å². The minimum absolute atomic E-state index is 0. The highest BCUT2D eigenvalue weighted by Gasteiger charge is 2.27. The monoisotopic (exact) mass is 262 g/mol. The van der Waals surface area contributed by atoms with E-state index in [2.05, 4.69) is 12.2 Å². The molecule has 1 amide bonds. The predicted octanol–water partition coefficient (Wildman–Crippen LogP) is 1.05. The van der Waals surface area contributed by atoms with Gasteiger partial charge in [0.05, 0.1) is 13.2 Å². The normalized spacial score (nSPS) is 30.3. The van der Waals surface area contributed by atoms with E-state index in [4.69, 9.17) is 4.74 Å². The molecule has 2 fully saturated rings. The molecule has 0 aliphatic carbocycles. The molecular weight excluding hydrogens is 240 g/mol. The van der Waals surface area contributed by atoms with Crippen LogP contribution in [0.4, 0.5) is 0 Å². The summed E-state index contributed by atoms with van der Waals surface area (Å²) in [5, 5.41) is 3.23. The molecule has 100 valence electrons. The first-order valence-electron chi connectivity index (χ1n) is 6.37. The third kappa shape index (κ3) is 4.12. The van der Waals surface area contributed by atoms with Gasteiger partial charge in [-0.05, 0) is 25.2 Å². The summed E-state index contributed by atoms with van der Waals surface area (Å²) in [4.78, 5) is 14.2. The number of nitrogens with zero attached hydrogens (tertiary/aromatic N) is 1. The molecule has 2 unspecified atom stereocenters. The fourth-order valence-electron chi connectivity index (χ4n) is 2.43. The Kier molecular flexibility index (Phi) is 6.23. The fourth-order valence-corrected chi connectivity index (χ4v) is 2.43. The molecule has 2 saturated heterocycles. The van der Waals surface area contributed by atoms with Gasteiger partial charge in [-0.3, -0.25) is 4.79 Å². The molecule has 0 aromatic heterocycles. The Morgan fingerprint density at radius 2 is 2.18 bits per heavy atom. The van der Waals surface area contributed by atoms with E-state index in [1.807, 2.05) is 4.90 Å². The summed E-state index contributed by atoms with van der Waals surface area (Å²) in [6.07, 6.45) is 3.53. The van der Waals surface area contributed by atoms with Gasteiger partial charge in [0.1, 0.15) is 6.04 Å². The van der Waals surface area contributed by atoms with Crippen molar-refractivity contribution >= 4 is 18.3 Å². The lowest BCUT2D eigenvalue weighted by Gasteiger charge is -2.29. The molecular formula is C12H23ClN2O2. The number of likely N-dealkylation sites (tertiary alicyclic amines) is 1. The van der Waals surface area contributed by atoms with Gasteiger partial charge < -0.3 is 15.0 Å². The van der Waals surface area contributed by atoms with Gasteiger partial charge in [0.25, 0.3) is 0 Å². The van der Waals surface area contributed by atoms with Crippen LogP contribution in [0.15, 0.2) is 0 Å². The van der Waals surface area contributed by atoms with E-state index in [-0.39, 0.29) is 24.4 Å². The highest BCUT2D eigenvalue weighted by molar-refractivity contribution is 5.85. The second-order valence-corrected chi connectivity index (χ2v) is 4.94. The molecule has 0 saturated carbocycles. The van der Waals surface area contributed by atoms with Crippen LogP contribution in [0.2, 0.25) is 0 Å². The van der Waals surface area contributed by atoms with Crippen LogP contribution in [-0.4, -0.2) is 49.7 Å². The Balaban J connectivity index is 0.00000144. The maximum atomic E-state index is 12.2. The van der Waals surface area contributed by atoms with Gasteiger partial charge in [-0.25, -0.2) is 0 Å². The average Bonchev–Trinajstić information content (AvgIpc) is 2.54. The first kappa shape index (κ1) is 14.7. The standard InChI is InChI=1S/C12H22N2O2.ClH/c1-10-3-2-6-14(7-4-10)12(15)11-9-16-8-5-13-11;/h10-11,13H,2-9H2,1H3;1H. The van der Waals surface area contributed by atoms with Gasteiger partial charge >= 0.3 is 0 Å². The van der Waals surface area contributed by atoms with E-state index in [0.29, 0.717) is 6.61 Å². The minimum Gasteiger partial charge on any atom is -0.378 e. The van der Waals surface area contributed by atoms with E-state index in [1.54, 1.807) is 0 Å². The van der Waals surface area contributed by atoms with Crippen LogP contribution in [0.25, 0.3) is 0 Å². The Hall–Kier alpha value is -0.320. The number of ether oxygens (including phenoxy) is 1. The van der Waals surface area contributed by atoms with Crippen molar-refractivity contribution < 1.29 is 9.53 Å². The average molecular weight is 263 g/mol. The van der Waals surface area contributed by atoms with Gasteiger partial charge in [0, 0.05) is 19.6 Å². The smallest absolute Gasteiger partial charge is 0.242 e. The van der Waals surface area contributed by atoms with E-state index < -0.39 is 0 Å². The van der Waals surface area contributed by atoms with Gasteiger partial charge in [0.2, 0.25) is 5.91 Å². The third-order valence-electron chi connectivity index (χ3n) is 3.55. The van der Waals surface area contributed by atoms with Gasteiger partial charge in [0.15, 0.2) is 0 Å². The summed E-state index contributed by atoms with van der Waals surface area (Å²) in [6.45, 7) is 6.15. The first-order chi connectivity index (χ1) is 7.77. The van der Waals surface area contributed by atoms with Gasteiger partial charge in [-0.15, -0.1) is 12.4 Å². The quantitative estimate of drug-likeness (QED) is 0.768. The molecule has 17 heavy (non-hydrogen) atoms. The van der Waals surface area contributed by atoms with Crippen LogP contribution in [0.5, 0.6) is 0 Å². The van der Waals surface area contributed by atoms with Crippen LogP contribution in [0, 0.1) is 5.92 Å². The summed E-state index contributed by atoms with van der Waals surface area (Å²) >= 11 is 0. The zero-order chi connectivity index (χ0) is 11.4. The summed E-state index contributed by atoms with van der Waals surface area (Å²) in [5.74, 6) is 0.988. The number of carbonyl (C=O) groups excluding carboxylic acids is 1. The molecule has 0 spiro atoms. The minimum atomic E-state index is -0.109. The molecule has 0 bridgehead atoms. The third-order valence-corrected chi connectivity index (χ3v) is 3.55. The lowest BCUT2D eigenvalue weighted by atomic mass is 10.0. The van der Waals surface area contributed by atoms with Crippen LogP contribution in [0.1, 0.15) is 26.2 Å². The Bertz CT molecular complexity index is 245. The van der Waals surface area contributed by atoms with Crippen molar-refractivity contribution in [2.75, 3.05) is 32.8 Å². The highest BCUT2D eigenvalue weighted by atomic mass is 35.5. The van der Waals surface area contributed by atoms with Crippen molar-refractivity contribution in [3.63, 3.8) is 0 Å². The SMILES string of the molecule is CC1CCCN(C(=O)C2COCCN2)CC1.Cl. The summed E-state index contributed by atoms with van der Waals surface area (Å²) < 4.78 is 5.34. The van der Waals surface area contributed by atoms with E-state index >= 15 is 0 Å². The van der Waals surface area contributed by atoms with Crippen LogP contribution < -0.4 is 5.32 Å². The largest absolute Gasteiger partial charge is 0.378 e. The molecule has 0 radical (unpaired) electrons. The number of morpholine rings is 1. The van der Waals surface area contributed by atoms with E-state index in [9.17, 15) is 4.79 Å². The molecule has 5 heteroatoms. The molecule has 1 N–H and O–H groups in total. The summed E-state index contributed by atoms with van der Waals surface area (Å²) in [7, 11) is 0. The predicted molar refractivity (Wildman–Crippen MR) is 69.5 cm³/mol. The molecule has 0 aromatic carbocycles. The topological polar surface area (TPSA) is 41.6 Å². The lowest BCUT2D eigenvalue weighted by Crippen LogP contribution is -2.52. The Morgan fingerprint density at radius 1 is 1.35 bits per heavy atom. The molecule has 2 heterocycles. The number of hydrogen-bond acceptors (Lipinski definition) is 3. The molecule has 0 aromatic rings. The van der Waals surface area contributed by atoms with E-state index in [1.165, 1.54) is 6.42 Å². The molecule has 2 aliphatic rings. The maximum Gasteiger partial charge on any atom is 0.242 e. The molecule has 4 nitrogen and oxygen atoms in total. The van der Waals surface area contributed by atoms with Crippen molar-refractivity contribution in [1.82, 2.24) is 10.2 Å². The van der Waals surface area contributed by atoms with Crippen molar-refractivity contribution in [1.29, 1.82) is 0 Å². The number of hydrogen-bond donors (Lipinski definition) is 1. The van der Waals surface area contributed by atoms with Crippen LogP contribution in [-0.2, 0) is 9.53 Å². The van der Waals surface area contributed by atoms with Crippen molar-refractivity contribution in [2.24, 2.45) is 5.92 Å². The first-order valence-corrected chi connectivity index (χ1v) is 6.37. The summed E-state index contributed by atoms with van der Waals surface area (Å²) in [5.41, 5.74) is 0. The lowest BCUT2D eigenvalue weighted by molar-refractivity contribution is -0.136. The zero-order valence-electron chi connectivity index (χ0n) is 10.5. The number of amides is 1. The Morgan fingerprint density at radius 3 is 2.88 bits per heavy atom.